The van der Waals surface area contributed by atoms with Crippen LogP contribution in [0.5, 0.6) is 0 Å². The van der Waals surface area contributed by atoms with Crippen molar-refractivity contribution in [3.8, 4) is 0 Å². The summed E-state index contributed by atoms with van der Waals surface area (Å²) in [5.74, 6) is -0.0486. The molecule has 0 spiro atoms. The number of para-hydroxylation sites is 2. The first-order chi connectivity index (χ1) is 7.70. The summed E-state index contributed by atoms with van der Waals surface area (Å²) in [5.41, 5.74) is 1.64. The summed E-state index contributed by atoms with van der Waals surface area (Å²) in [4.78, 5) is 23.0. The second-order valence-corrected chi connectivity index (χ2v) is 3.83. The monoisotopic (exact) mass is 218 g/mol. The van der Waals surface area contributed by atoms with Crippen molar-refractivity contribution in [2.75, 3.05) is 10.6 Å². The SMILES string of the molecule is CCC(=O)CC1Nc2ccccc2NC1=O. The number of fused-ring (bicyclic) bond motifs is 1. The summed E-state index contributed by atoms with van der Waals surface area (Å²) in [6.07, 6.45) is 0.712. The number of anilines is 2. The molecular formula is C12H14N2O2. The zero-order valence-electron chi connectivity index (χ0n) is 9.12. The predicted molar refractivity (Wildman–Crippen MR) is 62.4 cm³/mol. The van der Waals surface area contributed by atoms with Crippen LogP contribution in [0.1, 0.15) is 19.8 Å². The van der Waals surface area contributed by atoms with E-state index in [0.717, 1.165) is 11.4 Å². The number of nitrogens with one attached hydrogen (secondary N) is 2. The Bertz CT molecular complexity index is 429. The number of carbonyl (C=O) groups is 2. The third kappa shape index (κ3) is 2.05. The molecule has 16 heavy (non-hydrogen) atoms. The van der Waals surface area contributed by atoms with Crippen molar-refractivity contribution in [3.05, 3.63) is 24.3 Å². The van der Waals surface area contributed by atoms with Crippen LogP contribution in [-0.2, 0) is 9.59 Å². The number of hydrogen-bond donors (Lipinski definition) is 2. The molecule has 1 heterocycles. The van der Waals surface area contributed by atoms with Crippen LogP contribution in [0.3, 0.4) is 0 Å². The summed E-state index contributed by atoms with van der Waals surface area (Å²) in [7, 11) is 0. The summed E-state index contributed by atoms with van der Waals surface area (Å²) in [6.45, 7) is 1.80. The summed E-state index contributed by atoms with van der Waals surface area (Å²) < 4.78 is 0. The fourth-order valence-corrected chi connectivity index (χ4v) is 1.71. The van der Waals surface area contributed by atoms with Gasteiger partial charge in [0.05, 0.1) is 11.4 Å². The Morgan fingerprint density at radius 3 is 2.69 bits per heavy atom. The molecule has 2 N–H and O–H groups in total. The van der Waals surface area contributed by atoms with E-state index in [1.54, 1.807) is 6.92 Å². The summed E-state index contributed by atoms with van der Waals surface area (Å²) in [6, 6.07) is 7.03. The molecular weight excluding hydrogens is 204 g/mol. The van der Waals surface area contributed by atoms with Gasteiger partial charge in [-0.1, -0.05) is 19.1 Å². The molecule has 0 bridgehead atoms. The molecule has 1 atom stereocenters. The zero-order chi connectivity index (χ0) is 11.5. The topological polar surface area (TPSA) is 58.2 Å². The standard InChI is InChI=1S/C12H14N2O2/c1-2-8(15)7-11-12(16)14-10-6-4-3-5-9(10)13-11/h3-6,11,13H,2,7H2,1H3,(H,14,16). The number of amides is 1. The maximum Gasteiger partial charge on any atom is 0.247 e. The van der Waals surface area contributed by atoms with E-state index in [-0.39, 0.29) is 18.1 Å². The van der Waals surface area contributed by atoms with E-state index < -0.39 is 6.04 Å². The second kappa shape index (κ2) is 4.35. The van der Waals surface area contributed by atoms with E-state index in [1.807, 2.05) is 24.3 Å². The van der Waals surface area contributed by atoms with Gasteiger partial charge in [0.15, 0.2) is 0 Å². The molecule has 0 fully saturated rings. The van der Waals surface area contributed by atoms with Gasteiger partial charge in [-0.05, 0) is 12.1 Å². The van der Waals surface area contributed by atoms with E-state index in [1.165, 1.54) is 0 Å². The van der Waals surface area contributed by atoms with Gasteiger partial charge < -0.3 is 10.6 Å². The van der Waals surface area contributed by atoms with Gasteiger partial charge in [0.1, 0.15) is 11.8 Å². The highest BCUT2D eigenvalue weighted by molar-refractivity contribution is 6.04. The summed E-state index contributed by atoms with van der Waals surface area (Å²) >= 11 is 0. The van der Waals surface area contributed by atoms with Crippen molar-refractivity contribution >= 4 is 23.1 Å². The predicted octanol–water partition coefficient (Wildman–Crippen LogP) is 1.79. The molecule has 0 aromatic heterocycles. The first kappa shape index (κ1) is 10.7. The minimum atomic E-state index is -0.442. The van der Waals surface area contributed by atoms with E-state index in [9.17, 15) is 9.59 Å². The van der Waals surface area contributed by atoms with E-state index in [2.05, 4.69) is 10.6 Å². The number of Topliss-reactive ketones (excluding diaryl/α,β-unsaturated/α-hetero) is 1. The molecule has 2 rings (SSSR count). The zero-order valence-corrected chi connectivity index (χ0v) is 9.12. The van der Waals surface area contributed by atoms with Gasteiger partial charge >= 0.3 is 0 Å². The van der Waals surface area contributed by atoms with Crippen LogP contribution < -0.4 is 10.6 Å². The molecule has 1 aliphatic heterocycles. The molecule has 1 unspecified atom stereocenters. The minimum absolute atomic E-state index is 0.0898. The first-order valence-corrected chi connectivity index (χ1v) is 5.39. The molecule has 0 radical (unpaired) electrons. The number of ketones is 1. The van der Waals surface area contributed by atoms with Gasteiger partial charge in [0.2, 0.25) is 5.91 Å². The Hall–Kier alpha value is -1.84. The molecule has 1 amide bonds. The fourth-order valence-electron chi connectivity index (χ4n) is 1.71. The highest BCUT2D eigenvalue weighted by Gasteiger charge is 2.26. The van der Waals surface area contributed by atoms with Crippen LogP contribution >= 0.6 is 0 Å². The Labute approximate surface area is 94.0 Å². The number of rotatable bonds is 3. The lowest BCUT2D eigenvalue weighted by Gasteiger charge is -2.26. The van der Waals surface area contributed by atoms with Crippen LogP contribution in [0.25, 0.3) is 0 Å². The number of benzene rings is 1. The molecule has 0 saturated carbocycles. The molecule has 0 aliphatic carbocycles. The van der Waals surface area contributed by atoms with Gasteiger partial charge in [0.25, 0.3) is 0 Å². The Kier molecular flexibility index (Phi) is 2.90. The molecule has 0 saturated heterocycles. The highest BCUT2D eigenvalue weighted by Crippen LogP contribution is 2.26. The van der Waals surface area contributed by atoms with Gasteiger partial charge in [0, 0.05) is 12.8 Å². The Morgan fingerprint density at radius 1 is 1.31 bits per heavy atom. The minimum Gasteiger partial charge on any atom is -0.372 e. The quantitative estimate of drug-likeness (QED) is 0.813. The fraction of sp³-hybridized carbons (Fsp3) is 0.333. The van der Waals surface area contributed by atoms with Crippen LogP contribution in [-0.4, -0.2) is 17.7 Å². The normalized spacial score (nSPS) is 18.3. The first-order valence-electron chi connectivity index (χ1n) is 5.39. The second-order valence-electron chi connectivity index (χ2n) is 3.83. The third-order valence-corrected chi connectivity index (χ3v) is 2.66. The van der Waals surface area contributed by atoms with Crippen LogP contribution in [0.2, 0.25) is 0 Å². The maximum atomic E-state index is 11.7. The van der Waals surface area contributed by atoms with Gasteiger partial charge in [-0.15, -0.1) is 0 Å². The van der Waals surface area contributed by atoms with Crippen molar-refractivity contribution in [3.63, 3.8) is 0 Å². The van der Waals surface area contributed by atoms with Crippen molar-refractivity contribution in [1.82, 2.24) is 0 Å². The van der Waals surface area contributed by atoms with Crippen molar-refractivity contribution in [1.29, 1.82) is 0 Å². The maximum absolute atomic E-state index is 11.7. The largest absolute Gasteiger partial charge is 0.372 e. The molecule has 4 heteroatoms. The van der Waals surface area contributed by atoms with Crippen LogP contribution in [0.4, 0.5) is 11.4 Å². The molecule has 1 aliphatic rings. The lowest BCUT2D eigenvalue weighted by Crippen LogP contribution is -2.40. The third-order valence-electron chi connectivity index (χ3n) is 2.66. The van der Waals surface area contributed by atoms with Crippen LogP contribution in [0.15, 0.2) is 24.3 Å². The molecule has 84 valence electrons. The average Bonchev–Trinajstić information content (AvgIpc) is 2.30. The van der Waals surface area contributed by atoms with Crippen molar-refractivity contribution in [2.45, 2.75) is 25.8 Å². The highest BCUT2D eigenvalue weighted by atomic mass is 16.2. The van der Waals surface area contributed by atoms with E-state index in [4.69, 9.17) is 0 Å². The average molecular weight is 218 g/mol. The number of hydrogen-bond acceptors (Lipinski definition) is 3. The van der Waals surface area contributed by atoms with Crippen molar-refractivity contribution < 1.29 is 9.59 Å². The molecule has 4 nitrogen and oxygen atoms in total. The summed E-state index contributed by atoms with van der Waals surface area (Å²) in [5, 5.41) is 5.86. The Balaban J connectivity index is 2.15. The lowest BCUT2D eigenvalue weighted by molar-refractivity contribution is -0.123. The van der Waals surface area contributed by atoms with Gasteiger partial charge in [-0.2, -0.15) is 0 Å². The van der Waals surface area contributed by atoms with Crippen LogP contribution in [0, 0.1) is 0 Å². The smallest absolute Gasteiger partial charge is 0.247 e. The van der Waals surface area contributed by atoms with E-state index >= 15 is 0 Å². The lowest BCUT2D eigenvalue weighted by atomic mass is 10.0. The molecule has 1 aromatic rings. The molecule has 1 aromatic carbocycles. The number of carbonyl (C=O) groups excluding carboxylic acids is 2. The van der Waals surface area contributed by atoms with Gasteiger partial charge in [-0.3, -0.25) is 9.59 Å². The van der Waals surface area contributed by atoms with Gasteiger partial charge in [-0.25, -0.2) is 0 Å². The van der Waals surface area contributed by atoms with E-state index in [0.29, 0.717) is 6.42 Å². The van der Waals surface area contributed by atoms with Crippen molar-refractivity contribution in [2.24, 2.45) is 0 Å². The Morgan fingerprint density at radius 2 is 2.00 bits per heavy atom.